The monoisotopic (exact) mass is 425 g/mol. The lowest BCUT2D eigenvalue weighted by atomic mass is 9.83. The number of aliphatic hydroxyl groups excluding tert-OH is 1. The van der Waals surface area contributed by atoms with Crippen molar-refractivity contribution in [3.05, 3.63) is 26.9 Å². The SMILES string of the molecule is CS(=O)(=O)C1CCCC(C(O)c2ncc(Br)cc2Br)C1. The Morgan fingerprint density at radius 2 is 2.10 bits per heavy atom. The molecule has 20 heavy (non-hydrogen) atoms. The van der Waals surface area contributed by atoms with Crippen molar-refractivity contribution >= 4 is 41.7 Å². The highest BCUT2D eigenvalue weighted by atomic mass is 79.9. The number of pyridine rings is 1. The number of aromatic nitrogens is 1. The molecule has 1 fully saturated rings. The van der Waals surface area contributed by atoms with E-state index >= 15 is 0 Å². The third kappa shape index (κ3) is 3.81. The molecule has 4 nitrogen and oxygen atoms in total. The Balaban J connectivity index is 2.18. The minimum absolute atomic E-state index is 0.0616. The van der Waals surface area contributed by atoms with Gasteiger partial charge in [0, 0.05) is 21.4 Å². The molecule has 1 aliphatic carbocycles. The van der Waals surface area contributed by atoms with Crippen LogP contribution >= 0.6 is 31.9 Å². The van der Waals surface area contributed by atoms with Gasteiger partial charge in [0.2, 0.25) is 0 Å². The lowest BCUT2D eigenvalue weighted by molar-refractivity contribution is 0.0813. The van der Waals surface area contributed by atoms with Crippen LogP contribution < -0.4 is 0 Å². The van der Waals surface area contributed by atoms with Gasteiger partial charge in [0.05, 0.1) is 17.0 Å². The Bertz CT molecular complexity index is 591. The van der Waals surface area contributed by atoms with E-state index in [1.165, 1.54) is 6.26 Å². The van der Waals surface area contributed by atoms with Gasteiger partial charge >= 0.3 is 0 Å². The van der Waals surface area contributed by atoms with Crippen molar-refractivity contribution in [3.8, 4) is 0 Å². The van der Waals surface area contributed by atoms with E-state index in [4.69, 9.17) is 0 Å². The smallest absolute Gasteiger partial charge is 0.150 e. The fourth-order valence-electron chi connectivity index (χ4n) is 2.72. The Labute approximate surface area is 136 Å². The van der Waals surface area contributed by atoms with Gasteiger partial charge in [0.1, 0.15) is 9.84 Å². The fourth-order valence-corrected chi connectivity index (χ4v) is 5.14. The summed E-state index contributed by atoms with van der Waals surface area (Å²) in [4.78, 5) is 4.25. The van der Waals surface area contributed by atoms with Crippen molar-refractivity contribution in [2.45, 2.75) is 37.0 Å². The van der Waals surface area contributed by atoms with E-state index in [1.54, 1.807) is 6.20 Å². The number of aliphatic hydroxyl groups is 1. The number of rotatable bonds is 3. The zero-order valence-corrected chi connectivity index (χ0v) is 15.1. The van der Waals surface area contributed by atoms with Gasteiger partial charge in [-0.1, -0.05) is 6.42 Å². The molecule has 0 saturated heterocycles. The lowest BCUT2D eigenvalue weighted by Crippen LogP contribution is -2.30. The van der Waals surface area contributed by atoms with Crippen LogP contribution in [-0.2, 0) is 9.84 Å². The first-order chi connectivity index (χ1) is 9.29. The molecule has 0 aliphatic heterocycles. The van der Waals surface area contributed by atoms with E-state index in [2.05, 4.69) is 36.8 Å². The van der Waals surface area contributed by atoms with Crippen LogP contribution in [-0.4, -0.2) is 30.0 Å². The summed E-state index contributed by atoms with van der Waals surface area (Å²) in [5.74, 6) is -0.0616. The van der Waals surface area contributed by atoms with Crippen LogP contribution in [0.25, 0.3) is 0 Å². The Morgan fingerprint density at radius 1 is 1.40 bits per heavy atom. The zero-order chi connectivity index (χ0) is 14.9. The molecule has 1 N–H and O–H groups in total. The predicted molar refractivity (Wildman–Crippen MR) is 85.2 cm³/mol. The summed E-state index contributed by atoms with van der Waals surface area (Å²) in [5, 5.41) is 10.2. The molecule has 3 atom stereocenters. The topological polar surface area (TPSA) is 67.3 Å². The highest BCUT2D eigenvalue weighted by Gasteiger charge is 2.34. The van der Waals surface area contributed by atoms with Gasteiger partial charge in [-0.05, 0) is 63.1 Å². The van der Waals surface area contributed by atoms with Crippen molar-refractivity contribution < 1.29 is 13.5 Å². The summed E-state index contributed by atoms with van der Waals surface area (Å²) in [6.07, 6.45) is 5.04. The van der Waals surface area contributed by atoms with Crippen LogP contribution in [0.4, 0.5) is 0 Å². The summed E-state index contributed by atoms with van der Waals surface area (Å²) in [5.41, 5.74) is 0.576. The van der Waals surface area contributed by atoms with Gasteiger partial charge in [-0.2, -0.15) is 0 Å². The number of halogens is 2. The molecule has 7 heteroatoms. The van der Waals surface area contributed by atoms with Gasteiger partial charge in [-0.15, -0.1) is 0 Å². The summed E-state index contributed by atoms with van der Waals surface area (Å²) in [6, 6.07) is 1.84. The summed E-state index contributed by atoms with van der Waals surface area (Å²) < 4.78 is 24.9. The normalized spacial score (nSPS) is 25.4. The molecule has 1 aromatic rings. The molecule has 3 unspecified atom stereocenters. The second kappa shape index (κ2) is 6.42. The molecule has 0 spiro atoms. The highest BCUT2D eigenvalue weighted by Crippen LogP contribution is 2.38. The molecule has 112 valence electrons. The Morgan fingerprint density at radius 3 is 2.70 bits per heavy atom. The number of sulfone groups is 1. The predicted octanol–water partition coefficient (Wildman–Crippen LogP) is 3.24. The standard InChI is InChI=1S/C13H17Br2NO3S/c1-20(18,19)10-4-2-3-8(5-10)13(17)12-11(15)6-9(14)7-16-12/h6-8,10,13,17H,2-5H2,1H3. The first-order valence-corrected chi connectivity index (χ1v) is 10.0. The maximum Gasteiger partial charge on any atom is 0.150 e. The van der Waals surface area contributed by atoms with Gasteiger partial charge in [-0.3, -0.25) is 4.98 Å². The maximum atomic E-state index is 11.7. The summed E-state index contributed by atoms with van der Waals surface area (Å²) in [6.45, 7) is 0. The average Bonchev–Trinajstić information content (AvgIpc) is 2.37. The molecular formula is C13H17Br2NO3S. The summed E-state index contributed by atoms with van der Waals surface area (Å²) in [7, 11) is -3.04. The molecule has 0 radical (unpaired) electrons. The van der Waals surface area contributed by atoms with E-state index in [-0.39, 0.29) is 11.2 Å². The molecule has 1 saturated carbocycles. The van der Waals surface area contributed by atoms with Crippen molar-refractivity contribution in [2.75, 3.05) is 6.26 Å². The minimum atomic E-state index is -3.04. The molecule has 1 heterocycles. The van der Waals surface area contributed by atoms with Gasteiger partial charge in [-0.25, -0.2) is 8.42 Å². The van der Waals surface area contributed by atoms with E-state index in [1.807, 2.05) is 6.07 Å². The van der Waals surface area contributed by atoms with E-state index in [0.29, 0.717) is 18.5 Å². The Hall–Kier alpha value is 0.0200. The van der Waals surface area contributed by atoms with Crippen molar-refractivity contribution in [2.24, 2.45) is 5.92 Å². The van der Waals surface area contributed by atoms with Crippen LogP contribution in [0.2, 0.25) is 0 Å². The number of hydrogen-bond acceptors (Lipinski definition) is 4. The van der Waals surface area contributed by atoms with Crippen LogP contribution in [0.3, 0.4) is 0 Å². The van der Waals surface area contributed by atoms with Crippen LogP contribution in [0.15, 0.2) is 21.2 Å². The molecule has 1 aliphatic rings. The Kier molecular flexibility index (Phi) is 5.26. The van der Waals surface area contributed by atoms with Crippen molar-refractivity contribution in [1.29, 1.82) is 0 Å². The third-order valence-corrected chi connectivity index (χ3v) is 6.54. The molecule has 0 amide bonds. The second-order valence-electron chi connectivity index (χ2n) is 5.34. The fraction of sp³-hybridized carbons (Fsp3) is 0.615. The minimum Gasteiger partial charge on any atom is -0.386 e. The van der Waals surface area contributed by atoms with Crippen molar-refractivity contribution in [3.63, 3.8) is 0 Å². The lowest BCUT2D eigenvalue weighted by Gasteiger charge is -2.31. The van der Waals surface area contributed by atoms with Gasteiger partial charge < -0.3 is 5.11 Å². The highest BCUT2D eigenvalue weighted by molar-refractivity contribution is 9.11. The largest absolute Gasteiger partial charge is 0.386 e. The van der Waals surface area contributed by atoms with E-state index < -0.39 is 15.9 Å². The van der Waals surface area contributed by atoms with E-state index in [0.717, 1.165) is 21.8 Å². The molecular weight excluding hydrogens is 410 g/mol. The molecule has 0 bridgehead atoms. The first kappa shape index (κ1) is 16.4. The second-order valence-corrected chi connectivity index (χ2v) is 9.44. The number of nitrogens with zero attached hydrogens (tertiary/aromatic N) is 1. The van der Waals surface area contributed by atoms with Crippen LogP contribution in [0.1, 0.15) is 37.5 Å². The first-order valence-electron chi connectivity index (χ1n) is 6.47. The summed E-state index contributed by atoms with van der Waals surface area (Å²) >= 11 is 6.72. The van der Waals surface area contributed by atoms with Crippen molar-refractivity contribution in [1.82, 2.24) is 4.98 Å². The molecule has 1 aromatic heterocycles. The van der Waals surface area contributed by atoms with Gasteiger partial charge in [0.25, 0.3) is 0 Å². The zero-order valence-electron chi connectivity index (χ0n) is 11.1. The van der Waals surface area contributed by atoms with Gasteiger partial charge in [0.15, 0.2) is 0 Å². The van der Waals surface area contributed by atoms with Crippen LogP contribution in [0.5, 0.6) is 0 Å². The molecule has 2 rings (SSSR count). The third-order valence-electron chi connectivity index (χ3n) is 3.84. The maximum absolute atomic E-state index is 11.7. The molecule has 0 aromatic carbocycles. The average molecular weight is 427 g/mol. The quantitative estimate of drug-likeness (QED) is 0.805. The van der Waals surface area contributed by atoms with Crippen LogP contribution in [0, 0.1) is 5.92 Å². The van der Waals surface area contributed by atoms with E-state index in [9.17, 15) is 13.5 Å². The number of hydrogen-bond donors (Lipinski definition) is 1.